The standard InChI is InChI=1S/C20H29N3O/c1-14(2)16-5-6-19-17(13-22(4)20(19)11-16)12-21-18-7-9-23(10-8-18)15(3)24/h5-6,11,13-14,18,21H,7-10,12H2,1-4H3. The van der Waals surface area contributed by atoms with Crippen molar-refractivity contribution in [3.8, 4) is 0 Å². The van der Waals surface area contributed by atoms with Crippen LogP contribution in [0.1, 0.15) is 50.7 Å². The van der Waals surface area contributed by atoms with Crippen LogP contribution in [0.25, 0.3) is 10.9 Å². The summed E-state index contributed by atoms with van der Waals surface area (Å²) in [5.74, 6) is 0.751. The Bertz CT molecular complexity index is 724. The topological polar surface area (TPSA) is 37.3 Å². The lowest BCUT2D eigenvalue weighted by Crippen LogP contribution is -2.43. The second-order valence-electron chi connectivity index (χ2n) is 7.36. The number of benzene rings is 1. The van der Waals surface area contributed by atoms with Crippen LogP contribution < -0.4 is 5.32 Å². The third-order valence-electron chi connectivity index (χ3n) is 5.29. The molecule has 1 aliphatic heterocycles. The minimum Gasteiger partial charge on any atom is -0.350 e. The number of aromatic nitrogens is 1. The summed E-state index contributed by atoms with van der Waals surface area (Å²) in [6.07, 6.45) is 4.33. The maximum atomic E-state index is 11.4. The maximum Gasteiger partial charge on any atom is 0.219 e. The van der Waals surface area contributed by atoms with Crippen LogP contribution in [0.15, 0.2) is 24.4 Å². The van der Waals surface area contributed by atoms with Crippen LogP contribution in [-0.4, -0.2) is 34.5 Å². The SMILES string of the molecule is CC(=O)N1CCC(NCc2cn(C)c3cc(C(C)C)ccc23)CC1. The molecular formula is C20H29N3O. The number of rotatable bonds is 4. The van der Waals surface area contributed by atoms with Gasteiger partial charge in [-0.15, -0.1) is 0 Å². The second kappa shape index (κ2) is 6.98. The Morgan fingerprint density at radius 2 is 2.00 bits per heavy atom. The van der Waals surface area contributed by atoms with E-state index in [9.17, 15) is 4.79 Å². The molecule has 0 bridgehead atoms. The van der Waals surface area contributed by atoms with Gasteiger partial charge in [-0.2, -0.15) is 0 Å². The van der Waals surface area contributed by atoms with Gasteiger partial charge in [-0.05, 0) is 36.0 Å². The van der Waals surface area contributed by atoms with Gasteiger partial charge in [0, 0.05) is 56.7 Å². The molecular weight excluding hydrogens is 298 g/mol. The number of aryl methyl sites for hydroxylation is 1. The van der Waals surface area contributed by atoms with Gasteiger partial charge in [0.25, 0.3) is 0 Å². The zero-order chi connectivity index (χ0) is 17.3. The van der Waals surface area contributed by atoms with Crippen molar-refractivity contribution in [2.24, 2.45) is 7.05 Å². The first-order valence-electron chi connectivity index (χ1n) is 9.02. The molecule has 0 saturated carbocycles. The molecule has 2 heterocycles. The number of nitrogens with zero attached hydrogens (tertiary/aromatic N) is 2. The minimum atomic E-state index is 0.198. The van der Waals surface area contributed by atoms with Crippen LogP contribution in [0.5, 0.6) is 0 Å². The fraction of sp³-hybridized carbons (Fsp3) is 0.550. The fourth-order valence-electron chi connectivity index (χ4n) is 3.64. The molecule has 1 saturated heterocycles. The molecule has 4 heteroatoms. The summed E-state index contributed by atoms with van der Waals surface area (Å²) in [4.78, 5) is 13.4. The van der Waals surface area contributed by atoms with Gasteiger partial charge in [-0.1, -0.05) is 26.0 Å². The summed E-state index contributed by atoms with van der Waals surface area (Å²) >= 11 is 0. The molecule has 0 aliphatic carbocycles. The average molecular weight is 327 g/mol. The summed E-state index contributed by atoms with van der Waals surface area (Å²) in [6.45, 7) is 8.78. The van der Waals surface area contributed by atoms with E-state index in [0.717, 1.165) is 32.5 Å². The lowest BCUT2D eigenvalue weighted by atomic mass is 10.0. The van der Waals surface area contributed by atoms with Crippen molar-refractivity contribution >= 4 is 16.8 Å². The first-order chi connectivity index (χ1) is 11.5. The number of carbonyl (C=O) groups excluding carboxylic acids is 1. The van der Waals surface area contributed by atoms with E-state index in [1.54, 1.807) is 6.92 Å². The van der Waals surface area contributed by atoms with Crippen molar-refractivity contribution in [1.82, 2.24) is 14.8 Å². The van der Waals surface area contributed by atoms with Gasteiger partial charge < -0.3 is 14.8 Å². The average Bonchev–Trinajstić information content (AvgIpc) is 2.89. The highest BCUT2D eigenvalue weighted by molar-refractivity contribution is 5.84. The van der Waals surface area contributed by atoms with Gasteiger partial charge in [-0.25, -0.2) is 0 Å². The van der Waals surface area contributed by atoms with Gasteiger partial charge in [0.1, 0.15) is 0 Å². The Balaban J connectivity index is 1.67. The van der Waals surface area contributed by atoms with Crippen LogP contribution in [-0.2, 0) is 18.4 Å². The molecule has 0 unspecified atom stereocenters. The summed E-state index contributed by atoms with van der Waals surface area (Å²) in [7, 11) is 2.13. The van der Waals surface area contributed by atoms with Crippen molar-refractivity contribution < 1.29 is 4.79 Å². The monoisotopic (exact) mass is 327 g/mol. The quantitative estimate of drug-likeness (QED) is 0.934. The van der Waals surface area contributed by atoms with E-state index in [0.29, 0.717) is 12.0 Å². The Labute approximate surface area is 144 Å². The molecule has 130 valence electrons. The normalized spacial score (nSPS) is 16.3. The number of likely N-dealkylation sites (tertiary alicyclic amines) is 1. The highest BCUT2D eigenvalue weighted by Crippen LogP contribution is 2.25. The van der Waals surface area contributed by atoms with E-state index < -0.39 is 0 Å². The number of hydrogen-bond donors (Lipinski definition) is 1. The van der Waals surface area contributed by atoms with Crippen molar-refractivity contribution in [2.45, 2.75) is 52.1 Å². The lowest BCUT2D eigenvalue weighted by Gasteiger charge is -2.31. The Kier molecular flexibility index (Phi) is 4.95. The number of carbonyl (C=O) groups is 1. The summed E-state index contributed by atoms with van der Waals surface area (Å²) in [5, 5.41) is 5.03. The van der Waals surface area contributed by atoms with E-state index >= 15 is 0 Å². The number of piperidine rings is 1. The Morgan fingerprint density at radius 1 is 1.29 bits per heavy atom. The molecule has 0 spiro atoms. The number of nitrogens with one attached hydrogen (secondary N) is 1. The molecule has 24 heavy (non-hydrogen) atoms. The van der Waals surface area contributed by atoms with Crippen LogP contribution >= 0.6 is 0 Å². The van der Waals surface area contributed by atoms with Crippen molar-refractivity contribution in [1.29, 1.82) is 0 Å². The van der Waals surface area contributed by atoms with Gasteiger partial charge in [-0.3, -0.25) is 4.79 Å². The molecule has 0 atom stereocenters. The zero-order valence-electron chi connectivity index (χ0n) is 15.3. The first-order valence-corrected chi connectivity index (χ1v) is 9.02. The molecule has 1 aliphatic rings. The molecule has 1 aromatic heterocycles. The van der Waals surface area contributed by atoms with Gasteiger partial charge in [0.2, 0.25) is 5.91 Å². The van der Waals surface area contributed by atoms with Crippen LogP contribution in [0.3, 0.4) is 0 Å². The van der Waals surface area contributed by atoms with Crippen LogP contribution in [0, 0.1) is 0 Å². The smallest absolute Gasteiger partial charge is 0.219 e. The second-order valence-corrected chi connectivity index (χ2v) is 7.36. The largest absolute Gasteiger partial charge is 0.350 e. The van der Waals surface area contributed by atoms with Gasteiger partial charge in [0.05, 0.1) is 0 Å². The van der Waals surface area contributed by atoms with Crippen molar-refractivity contribution in [3.05, 3.63) is 35.5 Å². The summed E-state index contributed by atoms with van der Waals surface area (Å²) in [5.41, 5.74) is 4.06. The lowest BCUT2D eigenvalue weighted by molar-refractivity contribution is -0.129. The zero-order valence-corrected chi connectivity index (χ0v) is 15.3. The summed E-state index contributed by atoms with van der Waals surface area (Å²) < 4.78 is 2.23. The van der Waals surface area contributed by atoms with E-state index in [-0.39, 0.29) is 5.91 Å². The predicted molar refractivity (Wildman–Crippen MR) is 99.1 cm³/mol. The summed E-state index contributed by atoms with van der Waals surface area (Å²) in [6, 6.07) is 7.34. The molecule has 1 N–H and O–H groups in total. The third kappa shape index (κ3) is 3.48. The molecule has 4 nitrogen and oxygen atoms in total. The molecule has 2 aromatic rings. The Hall–Kier alpha value is -1.81. The van der Waals surface area contributed by atoms with E-state index in [1.807, 2.05) is 4.90 Å². The number of amides is 1. The Morgan fingerprint density at radius 3 is 2.62 bits per heavy atom. The van der Waals surface area contributed by atoms with Crippen molar-refractivity contribution in [3.63, 3.8) is 0 Å². The predicted octanol–water partition coefficient (Wildman–Crippen LogP) is 3.40. The van der Waals surface area contributed by atoms with Crippen LogP contribution in [0.2, 0.25) is 0 Å². The van der Waals surface area contributed by atoms with Crippen molar-refractivity contribution in [2.75, 3.05) is 13.1 Å². The third-order valence-corrected chi connectivity index (χ3v) is 5.29. The molecule has 1 fully saturated rings. The number of hydrogen-bond acceptors (Lipinski definition) is 2. The van der Waals surface area contributed by atoms with Gasteiger partial charge >= 0.3 is 0 Å². The first kappa shape index (κ1) is 17.0. The molecule has 1 aromatic carbocycles. The molecule has 3 rings (SSSR count). The highest BCUT2D eigenvalue weighted by Gasteiger charge is 2.20. The van der Waals surface area contributed by atoms with E-state index in [4.69, 9.17) is 0 Å². The van der Waals surface area contributed by atoms with Crippen LogP contribution in [0.4, 0.5) is 0 Å². The molecule has 0 radical (unpaired) electrons. The molecule has 1 amide bonds. The minimum absolute atomic E-state index is 0.198. The fourth-order valence-corrected chi connectivity index (χ4v) is 3.64. The maximum absolute atomic E-state index is 11.4. The highest BCUT2D eigenvalue weighted by atomic mass is 16.2. The van der Waals surface area contributed by atoms with E-state index in [2.05, 4.69) is 55.2 Å². The van der Waals surface area contributed by atoms with Gasteiger partial charge in [0.15, 0.2) is 0 Å². The number of fused-ring (bicyclic) bond motifs is 1. The van der Waals surface area contributed by atoms with E-state index in [1.165, 1.54) is 22.0 Å².